The maximum Gasteiger partial charge on any atom is 0.243 e. The van der Waals surface area contributed by atoms with Crippen LogP contribution in [0, 0.1) is 0 Å². The van der Waals surface area contributed by atoms with E-state index in [1.54, 1.807) is 0 Å². The van der Waals surface area contributed by atoms with Gasteiger partial charge in [0.15, 0.2) is 0 Å². The minimum Gasteiger partial charge on any atom is -0.397 e. The summed E-state index contributed by atoms with van der Waals surface area (Å²) in [6.45, 7) is 2.69. The Bertz CT molecular complexity index is 562. The first kappa shape index (κ1) is 14.6. The maximum atomic E-state index is 12.5. The number of sulfonamides is 1. The molecule has 5 nitrogen and oxygen atoms in total. The van der Waals surface area contributed by atoms with Crippen molar-refractivity contribution in [1.82, 2.24) is 9.21 Å². The van der Waals surface area contributed by atoms with Gasteiger partial charge in [0.25, 0.3) is 0 Å². The fraction of sp³-hybridized carbons (Fsp3) is 0.500. The molecule has 1 aliphatic heterocycles. The zero-order valence-corrected chi connectivity index (χ0v) is 12.4. The van der Waals surface area contributed by atoms with Crippen molar-refractivity contribution in [2.75, 3.05) is 39.0 Å². The highest BCUT2D eigenvalue weighted by Crippen LogP contribution is 2.24. The van der Waals surface area contributed by atoms with Gasteiger partial charge in [-0.2, -0.15) is 4.31 Å². The quantitative estimate of drug-likeness (QED) is 0.835. The van der Waals surface area contributed by atoms with Gasteiger partial charge in [-0.15, -0.1) is 0 Å². The van der Waals surface area contributed by atoms with Crippen LogP contribution in [-0.4, -0.2) is 50.8 Å². The normalized spacial score (nSPS) is 19.3. The van der Waals surface area contributed by atoms with Crippen molar-refractivity contribution >= 4 is 27.3 Å². The largest absolute Gasteiger partial charge is 0.397 e. The Labute approximate surface area is 119 Å². The molecule has 19 heavy (non-hydrogen) atoms. The number of anilines is 1. The van der Waals surface area contributed by atoms with E-state index in [-0.39, 0.29) is 10.6 Å². The lowest BCUT2D eigenvalue weighted by molar-refractivity contribution is 0.347. The second-order valence-corrected chi connectivity index (χ2v) is 7.09. The fourth-order valence-electron chi connectivity index (χ4n) is 2.09. The smallest absolute Gasteiger partial charge is 0.243 e. The first-order chi connectivity index (χ1) is 8.91. The van der Waals surface area contributed by atoms with Gasteiger partial charge in [0.2, 0.25) is 10.0 Å². The number of nitrogen functional groups attached to an aromatic ring is 1. The summed E-state index contributed by atoms with van der Waals surface area (Å²) in [5.74, 6) is 0. The summed E-state index contributed by atoms with van der Waals surface area (Å²) in [7, 11) is -1.48. The molecule has 0 atom stereocenters. The molecular weight excluding hydrogens is 286 g/mol. The van der Waals surface area contributed by atoms with Gasteiger partial charge >= 0.3 is 0 Å². The summed E-state index contributed by atoms with van der Waals surface area (Å²) in [5, 5.41) is 0.370. The molecule has 7 heteroatoms. The molecule has 2 rings (SSSR count). The molecule has 1 aromatic carbocycles. The van der Waals surface area contributed by atoms with Gasteiger partial charge < -0.3 is 10.6 Å². The van der Waals surface area contributed by atoms with Crippen molar-refractivity contribution in [3.63, 3.8) is 0 Å². The zero-order chi connectivity index (χ0) is 14.0. The number of halogens is 1. The minimum atomic E-state index is -3.48. The number of hydrogen-bond donors (Lipinski definition) is 1. The van der Waals surface area contributed by atoms with Gasteiger partial charge in [-0.3, -0.25) is 0 Å². The van der Waals surface area contributed by atoms with Crippen molar-refractivity contribution in [2.24, 2.45) is 0 Å². The van der Waals surface area contributed by atoms with E-state index in [0.29, 0.717) is 18.1 Å². The van der Waals surface area contributed by atoms with E-state index in [0.717, 1.165) is 19.5 Å². The highest BCUT2D eigenvalue weighted by molar-refractivity contribution is 7.89. The molecule has 0 bridgehead atoms. The molecule has 1 fully saturated rings. The summed E-state index contributed by atoms with van der Waals surface area (Å²) < 4.78 is 26.6. The lowest BCUT2D eigenvalue weighted by Gasteiger charge is -2.20. The average molecular weight is 304 g/mol. The molecule has 0 aliphatic carbocycles. The Morgan fingerprint density at radius 3 is 2.63 bits per heavy atom. The van der Waals surface area contributed by atoms with Gasteiger partial charge in [0, 0.05) is 19.6 Å². The molecule has 1 aromatic rings. The summed E-state index contributed by atoms with van der Waals surface area (Å²) in [6, 6.07) is 4.45. The first-order valence-corrected chi connectivity index (χ1v) is 7.97. The predicted molar refractivity (Wildman–Crippen MR) is 76.7 cm³/mol. The van der Waals surface area contributed by atoms with Crippen molar-refractivity contribution in [3.8, 4) is 0 Å². The van der Waals surface area contributed by atoms with Crippen molar-refractivity contribution in [1.29, 1.82) is 0 Å². The zero-order valence-electron chi connectivity index (χ0n) is 10.8. The third-order valence-corrected chi connectivity index (χ3v) is 5.52. The van der Waals surface area contributed by atoms with Crippen LogP contribution in [0.3, 0.4) is 0 Å². The van der Waals surface area contributed by atoms with Crippen LogP contribution in [0.4, 0.5) is 5.69 Å². The van der Waals surface area contributed by atoms with E-state index < -0.39 is 10.0 Å². The molecule has 0 amide bonds. The van der Waals surface area contributed by atoms with Gasteiger partial charge in [-0.1, -0.05) is 11.6 Å². The molecule has 0 aromatic heterocycles. The van der Waals surface area contributed by atoms with E-state index >= 15 is 0 Å². The topological polar surface area (TPSA) is 66.6 Å². The lowest BCUT2D eigenvalue weighted by Crippen LogP contribution is -2.34. The van der Waals surface area contributed by atoms with Crippen molar-refractivity contribution < 1.29 is 8.42 Å². The maximum absolute atomic E-state index is 12.5. The second-order valence-electron chi connectivity index (χ2n) is 4.74. The van der Waals surface area contributed by atoms with Crippen LogP contribution in [0.15, 0.2) is 23.1 Å². The monoisotopic (exact) mass is 303 g/mol. The summed E-state index contributed by atoms with van der Waals surface area (Å²) in [4.78, 5) is 2.34. The van der Waals surface area contributed by atoms with E-state index in [1.807, 2.05) is 7.05 Å². The van der Waals surface area contributed by atoms with E-state index in [4.69, 9.17) is 17.3 Å². The van der Waals surface area contributed by atoms with Gasteiger partial charge in [0.05, 0.1) is 15.6 Å². The van der Waals surface area contributed by atoms with Crippen molar-refractivity contribution in [3.05, 3.63) is 23.2 Å². The van der Waals surface area contributed by atoms with Crippen molar-refractivity contribution in [2.45, 2.75) is 11.3 Å². The average Bonchev–Trinajstić information content (AvgIpc) is 2.57. The number of likely N-dealkylation sites (N-methyl/N-ethyl adjacent to an activating group) is 1. The minimum absolute atomic E-state index is 0.207. The number of nitrogens with zero attached hydrogens (tertiary/aromatic N) is 2. The fourth-order valence-corrected chi connectivity index (χ4v) is 3.72. The molecule has 2 N–H and O–H groups in total. The number of nitrogens with two attached hydrogens (primary N) is 1. The third kappa shape index (κ3) is 3.20. The molecule has 106 valence electrons. The Hall–Kier alpha value is -0.820. The Balaban J connectivity index is 2.28. The molecule has 0 unspecified atom stereocenters. The highest BCUT2D eigenvalue weighted by atomic mass is 35.5. The summed E-state index contributed by atoms with van der Waals surface area (Å²) in [6.07, 6.45) is 0.832. The van der Waals surface area contributed by atoms with Crippen LogP contribution in [0.25, 0.3) is 0 Å². The number of hydrogen-bond acceptors (Lipinski definition) is 4. The van der Waals surface area contributed by atoms with Crippen LogP contribution in [0.2, 0.25) is 5.02 Å². The van der Waals surface area contributed by atoms with Crippen LogP contribution < -0.4 is 5.73 Å². The van der Waals surface area contributed by atoms with Gasteiger partial charge in [0.1, 0.15) is 0 Å². The Kier molecular flexibility index (Phi) is 4.35. The van der Waals surface area contributed by atoms with Gasteiger partial charge in [-0.05, 0) is 38.2 Å². The number of rotatable bonds is 2. The Morgan fingerprint density at radius 1 is 1.21 bits per heavy atom. The van der Waals surface area contributed by atoms with E-state index in [1.165, 1.54) is 22.5 Å². The number of benzene rings is 1. The Morgan fingerprint density at radius 2 is 1.95 bits per heavy atom. The molecule has 0 radical (unpaired) electrons. The molecule has 0 spiro atoms. The molecule has 1 saturated heterocycles. The second kappa shape index (κ2) is 5.66. The van der Waals surface area contributed by atoms with E-state index in [2.05, 4.69) is 4.90 Å². The lowest BCUT2D eigenvalue weighted by atomic mass is 10.3. The SMILES string of the molecule is CN1CCCN(S(=O)(=O)c2ccc(Cl)c(N)c2)CC1. The third-order valence-electron chi connectivity index (χ3n) is 3.28. The van der Waals surface area contributed by atoms with Crippen LogP contribution in [-0.2, 0) is 10.0 Å². The summed E-state index contributed by atoms with van der Waals surface area (Å²) in [5.41, 5.74) is 5.96. The van der Waals surface area contributed by atoms with Crippen LogP contribution >= 0.6 is 11.6 Å². The van der Waals surface area contributed by atoms with Crippen LogP contribution in [0.5, 0.6) is 0 Å². The first-order valence-electron chi connectivity index (χ1n) is 6.15. The predicted octanol–water partition coefficient (Wildman–Crippen LogP) is 1.25. The molecular formula is C12H18ClN3O2S. The molecule has 1 aliphatic rings. The summed E-state index contributed by atoms with van der Waals surface area (Å²) >= 11 is 5.82. The highest BCUT2D eigenvalue weighted by Gasteiger charge is 2.26. The van der Waals surface area contributed by atoms with Crippen LogP contribution in [0.1, 0.15) is 6.42 Å². The molecule has 0 saturated carbocycles. The van der Waals surface area contributed by atoms with Gasteiger partial charge in [-0.25, -0.2) is 8.42 Å². The molecule has 1 heterocycles. The van der Waals surface area contributed by atoms with E-state index in [9.17, 15) is 8.42 Å². The standard InChI is InChI=1S/C12H18ClN3O2S/c1-15-5-2-6-16(8-7-15)19(17,18)10-3-4-11(13)12(14)9-10/h3-4,9H,2,5-8,14H2,1H3.